The van der Waals surface area contributed by atoms with E-state index in [1.54, 1.807) is 4.74 Å². The summed E-state index contributed by atoms with van der Waals surface area (Å²) in [6, 6.07) is 0. The molecule has 176 valence electrons. The van der Waals surface area contributed by atoms with E-state index in [2.05, 4.69) is 11.6 Å². The molecule has 0 rings (SSSR count). The third-order valence-electron chi connectivity index (χ3n) is 3.10. The van der Waals surface area contributed by atoms with Gasteiger partial charge in [-0.1, -0.05) is 24.9 Å². The molecular weight excluding hydrogens is 499 g/mol. The first kappa shape index (κ1) is 28.2. The minimum Gasteiger partial charge on any atom is -0.282 e. The van der Waals surface area contributed by atoms with Crippen molar-refractivity contribution in [2.24, 2.45) is 0 Å². The zero-order valence-electron chi connectivity index (χ0n) is 13.3. The van der Waals surface area contributed by atoms with Crippen molar-refractivity contribution in [1.29, 1.82) is 0 Å². The maximum absolute atomic E-state index is 13.3. The number of ether oxygens (including phenoxy) is 1. The lowest BCUT2D eigenvalue weighted by molar-refractivity contribution is -0.486. The summed E-state index contributed by atoms with van der Waals surface area (Å²) in [7, 11) is -6.98. The van der Waals surface area contributed by atoms with Crippen molar-refractivity contribution in [3.8, 4) is 0 Å². The maximum atomic E-state index is 13.3. The fraction of sp³-hybridized carbons (Fsp3) is 1.00. The molecule has 0 fully saturated rings. The normalized spacial score (nSPS) is 17.9. The monoisotopic (exact) mass is 506 g/mol. The molecule has 1 unspecified atom stereocenters. The Hall–Kier alpha value is -0.750. The molecule has 0 aromatic carbocycles. The van der Waals surface area contributed by atoms with E-state index in [4.69, 9.17) is 4.55 Å². The topological polar surface area (TPSA) is 63.6 Å². The molecule has 0 saturated carbocycles. The molecular formula is C10H8ClF13O4S. The van der Waals surface area contributed by atoms with Gasteiger partial charge >= 0.3 is 50.5 Å². The van der Waals surface area contributed by atoms with Gasteiger partial charge in [0.2, 0.25) is 0 Å². The van der Waals surface area contributed by atoms with Crippen LogP contribution in [0.1, 0.15) is 19.8 Å². The Labute approximate surface area is 157 Å². The molecule has 0 saturated heterocycles. The van der Waals surface area contributed by atoms with Crippen LogP contribution in [0.3, 0.4) is 0 Å². The molecule has 0 amide bonds. The zero-order chi connectivity index (χ0) is 24.1. The van der Waals surface area contributed by atoms with Crippen LogP contribution in [0.5, 0.6) is 0 Å². The SMILES string of the molecule is CCCC(F)(F)C(F)(F)C(F)(F)C(F)(F)C(F)(F)OC(F)(F)C(F)(Cl)S(=O)(=O)O. The minimum atomic E-state index is -7.92. The molecule has 1 N–H and O–H groups in total. The summed E-state index contributed by atoms with van der Waals surface area (Å²) < 4.78 is 196. The fourth-order valence-electron chi connectivity index (χ4n) is 1.52. The second-order valence-corrected chi connectivity index (χ2v) is 7.56. The molecule has 0 aromatic heterocycles. The van der Waals surface area contributed by atoms with Gasteiger partial charge in [0.25, 0.3) is 0 Å². The first-order chi connectivity index (χ1) is 12.3. The maximum Gasteiger partial charge on any atom is 0.430 e. The van der Waals surface area contributed by atoms with E-state index in [1.807, 2.05) is 0 Å². The second kappa shape index (κ2) is 7.44. The first-order valence-corrected chi connectivity index (χ1v) is 8.40. The Morgan fingerprint density at radius 2 is 1.14 bits per heavy atom. The lowest BCUT2D eigenvalue weighted by Crippen LogP contribution is -2.69. The highest BCUT2D eigenvalue weighted by atomic mass is 35.5. The molecule has 4 nitrogen and oxygen atoms in total. The first-order valence-electron chi connectivity index (χ1n) is 6.58. The Balaban J connectivity index is 6.35. The fourth-order valence-corrected chi connectivity index (χ4v) is 1.90. The third-order valence-corrected chi connectivity index (χ3v) is 4.79. The highest BCUT2D eigenvalue weighted by Crippen LogP contribution is 2.59. The molecule has 0 aliphatic carbocycles. The van der Waals surface area contributed by atoms with Crippen LogP contribution in [-0.2, 0) is 14.9 Å². The predicted molar refractivity (Wildman–Crippen MR) is 66.9 cm³/mol. The summed E-state index contributed by atoms with van der Waals surface area (Å²) in [4.78, 5) is 0. The number of halogens is 14. The van der Waals surface area contributed by atoms with E-state index in [-0.39, 0.29) is 0 Å². The average molecular weight is 507 g/mol. The second-order valence-electron chi connectivity index (χ2n) is 5.31. The largest absolute Gasteiger partial charge is 0.430 e. The van der Waals surface area contributed by atoms with E-state index in [0.29, 0.717) is 6.92 Å². The van der Waals surface area contributed by atoms with Gasteiger partial charge in [0.15, 0.2) is 0 Å². The van der Waals surface area contributed by atoms with Gasteiger partial charge in [0.05, 0.1) is 0 Å². The van der Waals surface area contributed by atoms with Crippen LogP contribution in [-0.4, -0.2) is 53.3 Å². The predicted octanol–water partition coefficient (Wildman–Crippen LogP) is 5.28. The molecule has 0 aliphatic heterocycles. The van der Waals surface area contributed by atoms with Gasteiger partial charge in [0, 0.05) is 6.42 Å². The molecule has 0 spiro atoms. The van der Waals surface area contributed by atoms with Gasteiger partial charge in [0.1, 0.15) is 0 Å². The summed E-state index contributed by atoms with van der Waals surface area (Å²) in [5.41, 5.74) is 0. The molecule has 0 aliphatic rings. The van der Waals surface area contributed by atoms with Gasteiger partial charge in [-0.25, -0.2) is 4.74 Å². The van der Waals surface area contributed by atoms with E-state index in [0.717, 1.165) is 0 Å². The van der Waals surface area contributed by atoms with E-state index in [9.17, 15) is 65.5 Å². The minimum absolute atomic E-state index is 0.676. The van der Waals surface area contributed by atoms with E-state index in [1.165, 1.54) is 0 Å². The molecule has 29 heavy (non-hydrogen) atoms. The van der Waals surface area contributed by atoms with E-state index < -0.39 is 63.3 Å². The summed E-state index contributed by atoms with van der Waals surface area (Å²) in [5.74, 6) is -29.1. The quantitative estimate of drug-likeness (QED) is 0.249. The average Bonchev–Trinajstić information content (AvgIpc) is 2.43. The van der Waals surface area contributed by atoms with Crippen molar-refractivity contribution >= 4 is 21.7 Å². The third kappa shape index (κ3) is 4.34. The van der Waals surface area contributed by atoms with Gasteiger partial charge in [-0.3, -0.25) is 4.55 Å². The van der Waals surface area contributed by atoms with Crippen LogP contribution in [0.15, 0.2) is 0 Å². The molecule has 0 radical (unpaired) electrons. The van der Waals surface area contributed by atoms with Crippen molar-refractivity contribution in [3.63, 3.8) is 0 Å². The Morgan fingerprint density at radius 3 is 1.45 bits per heavy atom. The summed E-state index contributed by atoms with van der Waals surface area (Å²) in [6.45, 7) is 0.676. The van der Waals surface area contributed by atoms with E-state index >= 15 is 0 Å². The number of alkyl halides is 14. The van der Waals surface area contributed by atoms with Crippen molar-refractivity contribution in [3.05, 3.63) is 0 Å². The highest BCUT2D eigenvalue weighted by molar-refractivity contribution is 7.88. The van der Waals surface area contributed by atoms with Crippen LogP contribution >= 0.6 is 11.6 Å². The smallest absolute Gasteiger partial charge is 0.282 e. The Morgan fingerprint density at radius 1 is 0.759 bits per heavy atom. The number of hydrogen-bond acceptors (Lipinski definition) is 3. The van der Waals surface area contributed by atoms with Crippen molar-refractivity contribution < 1.29 is 74.8 Å². The van der Waals surface area contributed by atoms with Crippen molar-refractivity contribution in [1.82, 2.24) is 0 Å². The van der Waals surface area contributed by atoms with Gasteiger partial charge in [-0.2, -0.15) is 65.5 Å². The van der Waals surface area contributed by atoms with Crippen LogP contribution in [0.2, 0.25) is 0 Å². The Bertz CT molecular complexity index is 706. The zero-order valence-corrected chi connectivity index (χ0v) is 14.9. The lowest BCUT2D eigenvalue weighted by atomic mass is 9.95. The molecule has 19 heteroatoms. The van der Waals surface area contributed by atoms with Crippen LogP contribution in [0.25, 0.3) is 0 Å². The number of rotatable bonds is 10. The van der Waals surface area contributed by atoms with Crippen LogP contribution in [0.4, 0.5) is 57.1 Å². The van der Waals surface area contributed by atoms with Crippen LogP contribution in [0, 0.1) is 0 Å². The Kier molecular flexibility index (Phi) is 7.24. The summed E-state index contributed by atoms with van der Waals surface area (Å²) >= 11 is 3.86. The standard InChI is InChI=1S/C10H8ClF13O4S/c1-2-3-4(12,13)5(14,15)6(16,17)7(18,19)9(21,22)28-10(23,24)8(11,20)29(25,26)27/h2-3H2,1H3,(H,25,26,27). The van der Waals surface area contributed by atoms with Gasteiger partial charge in [-0.15, -0.1) is 0 Å². The molecule has 1 atom stereocenters. The highest BCUT2D eigenvalue weighted by Gasteiger charge is 2.88. The van der Waals surface area contributed by atoms with Gasteiger partial charge < -0.3 is 0 Å². The van der Waals surface area contributed by atoms with Crippen LogP contribution < -0.4 is 0 Å². The molecule has 0 bridgehead atoms. The van der Waals surface area contributed by atoms with Crippen molar-refractivity contribution in [2.45, 2.75) is 60.1 Å². The lowest BCUT2D eigenvalue weighted by Gasteiger charge is -2.40. The summed E-state index contributed by atoms with van der Waals surface area (Å²) in [6.07, 6.45) is -17.9. The molecule has 0 aromatic rings. The van der Waals surface area contributed by atoms with Gasteiger partial charge in [-0.05, 0) is 0 Å². The van der Waals surface area contributed by atoms with Crippen molar-refractivity contribution in [2.75, 3.05) is 0 Å². The molecule has 0 heterocycles. The number of hydrogen-bond donors (Lipinski definition) is 1. The summed E-state index contributed by atoms with van der Waals surface area (Å²) in [5, 5.41) is 0.